The highest BCUT2D eigenvalue weighted by molar-refractivity contribution is 5.85. The highest BCUT2D eigenvalue weighted by Gasteiger charge is 2.33. The maximum absolute atomic E-state index is 13.3. The van der Waals surface area contributed by atoms with E-state index in [9.17, 15) is 14.8 Å². The molecule has 0 aromatic heterocycles. The molecule has 2 atom stereocenters. The van der Waals surface area contributed by atoms with Crippen molar-refractivity contribution in [1.29, 1.82) is 5.26 Å². The molecule has 1 saturated heterocycles. The van der Waals surface area contributed by atoms with Crippen LogP contribution in [0.1, 0.15) is 120 Å². The van der Waals surface area contributed by atoms with E-state index >= 15 is 0 Å². The minimum absolute atomic E-state index is 0. The second-order valence-electron chi connectivity index (χ2n) is 12.5. The molecule has 0 amide bonds. The maximum atomic E-state index is 13.3. The third-order valence-electron chi connectivity index (χ3n) is 9.48. The van der Waals surface area contributed by atoms with Gasteiger partial charge in [-0.2, -0.15) is 5.26 Å². The smallest absolute Gasteiger partial charge is 0.161 e. The van der Waals surface area contributed by atoms with E-state index in [1.807, 2.05) is 12.1 Å². The summed E-state index contributed by atoms with van der Waals surface area (Å²) >= 11 is 0. The van der Waals surface area contributed by atoms with E-state index in [1.54, 1.807) is 26.4 Å². The normalized spacial score (nSPS) is 16.0. The highest BCUT2D eigenvalue weighted by Crippen LogP contribution is 2.40. The molecule has 1 N–H and O–H groups in total. The Hall–Kier alpha value is -2.33. The minimum atomic E-state index is -0.540. The SMILES string of the molecule is CCCCCCCCCCCC(C#N)(CCCCN1CCC(C(O)c2ccc(F)cc2)CC1)c1ccc(OC)c(OC)c1.Cl. The number of rotatable bonds is 20. The van der Waals surface area contributed by atoms with Crippen LogP contribution in [0.5, 0.6) is 11.5 Å². The van der Waals surface area contributed by atoms with E-state index in [2.05, 4.69) is 24.0 Å². The number of unbranched alkanes of at least 4 members (excludes halogenated alkanes) is 9. The summed E-state index contributed by atoms with van der Waals surface area (Å²) in [7, 11) is 3.29. The molecule has 1 aliphatic heterocycles. The lowest BCUT2D eigenvalue weighted by Gasteiger charge is -2.34. The Morgan fingerprint density at radius 2 is 1.43 bits per heavy atom. The molecule has 1 fully saturated rings. The first-order valence-electron chi connectivity index (χ1n) is 16.8. The summed E-state index contributed by atoms with van der Waals surface area (Å²) in [6.45, 7) is 5.18. The number of likely N-dealkylation sites (tertiary alicyclic amines) is 1. The van der Waals surface area contributed by atoms with Crippen LogP contribution in [0.2, 0.25) is 0 Å². The molecular formula is C37H56ClFN2O3. The van der Waals surface area contributed by atoms with Crippen molar-refractivity contribution in [2.45, 2.75) is 115 Å². The molecule has 246 valence electrons. The summed E-state index contributed by atoms with van der Waals surface area (Å²) in [6, 6.07) is 15.0. The van der Waals surface area contributed by atoms with E-state index in [0.29, 0.717) is 11.5 Å². The van der Waals surface area contributed by atoms with Crippen LogP contribution in [0, 0.1) is 23.1 Å². The van der Waals surface area contributed by atoms with Gasteiger partial charge in [-0.05, 0) is 93.0 Å². The van der Waals surface area contributed by atoms with Crippen molar-refractivity contribution >= 4 is 12.4 Å². The molecule has 0 saturated carbocycles. The number of hydrogen-bond donors (Lipinski definition) is 1. The number of aliphatic hydroxyl groups excluding tert-OH is 1. The van der Waals surface area contributed by atoms with Gasteiger partial charge in [0, 0.05) is 0 Å². The summed E-state index contributed by atoms with van der Waals surface area (Å²) in [4.78, 5) is 2.48. The number of ether oxygens (including phenoxy) is 2. The number of piperidine rings is 1. The Kier molecular flexibility index (Phi) is 17.8. The van der Waals surface area contributed by atoms with Crippen LogP contribution in [0.15, 0.2) is 42.5 Å². The van der Waals surface area contributed by atoms with Gasteiger partial charge < -0.3 is 19.5 Å². The molecule has 1 aliphatic rings. The van der Waals surface area contributed by atoms with Crippen molar-refractivity contribution in [3.63, 3.8) is 0 Å². The molecular weight excluding hydrogens is 575 g/mol. The molecule has 2 aromatic carbocycles. The quantitative estimate of drug-likeness (QED) is 0.148. The molecule has 44 heavy (non-hydrogen) atoms. The topological polar surface area (TPSA) is 65.7 Å². The van der Waals surface area contributed by atoms with Gasteiger partial charge in [0.15, 0.2) is 11.5 Å². The van der Waals surface area contributed by atoms with Gasteiger partial charge in [-0.3, -0.25) is 0 Å². The number of nitriles is 1. The van der Waals surface area contributed by atoms with Crippen molar-refractivity contribution < 1.29 is 19.0 Å². The summed E-state index contributed by atoms with van der Waals surface area (Å²) < 4.78 is 24.4. The Morgan fingerprint density at radius 3 is 2.00 bits per heavy atom. The molecule has 3 rings (SSSR count). The molecule has 7 heteroatoms. The number of nitrogens with zero attached hydrogens (tertiary/aromatic N) is 2. The average Bonchev–Trinajstić information content (AvgIpc) is 3.05. The molecule has 0 bridgehead atoms. The van der Waals surface area contributed by atoms with Crippen LogP contribution in [-0.2, 0) is 5.41 Å². The lowest BCUT2D eigenvalue weighted by molar-refractivity contribution is 0.0583. The summed E-state index contributed by atoms with van der Waals surface area (Å²) in [5.41, 5.74) is 1.30. The van der Waals surface area contributed by atoms with E-state index in [0.717, 1.165) is 75.7 Å². The summed E-state index contributed by atoms with van der Waals surface area (Å²) in [6.07, 6.45) is 16.4. The third-order valence-corrected chi connectivity index (χ3v) is 9.48. The van der Waals surface area contributed by atoms with Crippen molar-refractivity contribution in [2.75, 3.05) is 33.9 Å². The van der Waals surface area contributed by atoms with Crippen molar-refractivity contribution in [2.24, 2.45) is 5.92 Å². The Bertz CT molecular complexity index is 1100. The molecule has 0 spiro atoms. The van der Waals surface area contributed by atoms with Crippen LogP contribution in [-0.4, -0.2) is 43.9 Å². The van der Waals surface area contributed by atoms with Gasteiger partial charge in [-0.1, -0.05) is 89.3 Å². The Morgan fingerprint density at radius 1 is 0.864 bits per heavy atom. The maximum Gasteiger partial charge on any atom is 0.161 e. The van der Waals surface area contributed by atoms with Gasteiger partial charge in [0.2, 0.25) is 0 Å². The van der Waals surface area contributed by atoms with Crippen LogP contribution in [0.4, 0.5) is 4.39 Å². The van der Waals surface area contributed by atoms with Crippen LogP contribution in [0.3, 0.4) is 0 Å². The first-order valence-corrected chi connectivity index (χ1v) is 16.8. The van der Waals surface area contributed by atoms with Gasteiger partial charge in [-0.15, -0.1) is 12.4 Å². The monoisotopic (exact) mass is 630 g/mol. The van der Waals surface area contributed by atoms with Crippen LogP contribution in [0.25, 0.3) is 0 Å². The van der Waals surface area contributed by atoms with Crippen molar-refractivity contribution in [1.82, 2.24) is 4.90 Å². The van der Waals surface area contributed by atoms with Gasteiger partial charge >= 0.3 is 0 Å². The first-order chi connectivity index (χ1) is 21.0. The van der Waals surface area contributed by atoms with Crippen molar-refractivity contribution in [3.8, 4) is 17.6 Å². The number of halogens is 2. The Balaban J connectivity index is 0.00000675. The molecule has 0 aliphatic carbocycles. The average molecular weight is 631 g/mol. The summed E-state index contributed by atoms with van der Waals surface area (Å²) in [5, 5.41) is 21.4. The first kappa shape index (κ1) is 37.9. The predicted molar refractivity (Wildman–Crippen MR) is 180 cm³/mol. The Labute approximate surface area is 272 Å². The van der Waals surface area contributed by atoms with E-state index < -0.39 is 11.5 Å². The fourth-order valence-electron chi connectivity index (χ4n) is 6.65. The largest absolute Gasteiger partial charge is 0.493 e. The lowest BCUT2D eigenvalue weighted by Crippen LogP contribution is -2.36. The third kappa shape index (κ3) is 11.5. The number of benzene rings is 2. The van der Waals surface area contributed by atoms with Crippen molar-refractivity contribution in [3.05, 3.63) is 59.4 Å². The zero-order chi connectivity index (χ0) is 30.9. The molecule has 0 radical (unpaired) electrons. The highest BCUT2D eigenvalue weighted by atomic mass is 35.5. The van der Waals surface area contributed by atoms with Crippen LogP contribution < -0.4 is 9.47 Å². The molecule has 5 nitrogen and oxygen atoms in total. The van der Waals surface area contributed by atoms with Crippen LogP contribution >= 0.6 is 12.4 Å². The van der Waals surface area contributed by atoms with Gasteiger partial charge in [-0.25, -0.2) is 4.39 Å². The number of aliphatic hydroxyl groups is 1. The van der Waals surface area contributed by atoms with Gasteiger partial charge in [0.1, 0.15) is 5.82 Å². The molecule has 1 heterocycles. The van der Waals surface area contributed by atoms with E-state index in [1.165, 1.54) is 63.5 Å². The zero-order valence-electron chi connectivity index (χ0n) is 27.4. The fourth-order valence-corrected chi connectivity index (χ4v) is 6.65. The standard InChI is InChI=1S/C37H55FN2O3.ClH/c1-4-5-6-7-8-9-10-11-12-23-37(29-39,32-17-20-34(42-2)35(28-32)43-3)24-13-14-25-40-26-21-31(22-27-40)36(41)30-15-18-33(38)19-16-30;/h15-20,28,31,36,41H,4-14,21-27H2,1-3H3;1H. The van der Waals surface area contributed by atoms with Gasteiger partial charge in [0.25, 0.3) is 0 Å². The number of methoxy groups -OCH3 is 2. The molecule has 2 unspecified atom stereocenters. The second-order valence-corrected chi connectivity index (χ2v) is 12.5. The van der Waals surface area contributed by atoms with E-state index in [4.69, 9.17) is 9.47 Å². The van der Waals surface area contributed by atoms with E-state index in [-0.39, 0.29) is 24.1 Å². The zero-order valence-corrected chi connectivity index (χ0v) is 28.2. The minimum Gasteiger partial charge on any atom is -0.493 e. The molecule has 2 aromatic rings. The van der Waals surface area contributed by atoms with Gasteiger partial charge in [0.05, 0.1) is 31.8 Å². The number of hydrogen-bond acceptors (Lipinski definition) is 5. The predicted octanol–water partition coefficient (Wildman–Crippen LogP) is 9.56. The summed E-state index contributed by atoms with van der Waals surface area (Å²) in [5.74, 6) is 1.30. The fraction of sp³-hybridized carbons (Fsp3) is 0.649. The second kappa shape index (κ2) is 20.7. The lowest BCUT2D eigenvalue weighted by atomic mass is 9.73.